The molecule has 0 bridgehead atoms. The molecular weight excluding hydrogens is 272 g/mol. The zero-order valence-electron chi connectivity index (χ0n) is 13.4. The van der Waals surface area contributed by atoms with Crippen molar-refractivity contribution >= 4 is 5.97 Å². The van der Waals surface area contributed by atoms with E-state index in [4.69, 9.17) is 4.74 Å². The predicted octanol–water partition coefficient (Wildman–Crippen LogP) is 4.29. The second kappa shape index (κ2) is 8.38. The summed E-state index contributed by atoms with van der Waals surface area (Å²) in [6.07, 6.45) is 1.66. The summed E-state index contributed by atoms with van der Waals surface area (Å²) >= 11 is 0. The van der Waals surface area contributed by atoms with Crippen LogP contribution in [0.1, 0.15) is 25.0 Å². The van der Waals surface area contributed by atoms with Crippen LogP contribution in [0.25, 0.3) is 0 Å². The van der Waals surface area contributed by atoms with Gasteiger partial charge in [0.1, 0.15) is 0 Å². The van der Waals surface area contributed by atoms with Gasteiger partial charge in [-0.05, 0) is 29.9 Å². The van der Waals surface area contributed by atoms with Gasteiger partial charge in [0.05, 0.1) is 12.5 Å². The molecule has 116 valence electrons. The molecule has 0 fully saturated rings. The van der Waals surface area contributed by atoms with Crippen LogP contribution in [0.2, 0.25) is 0 Å². The van der Waals surface area contributed by atoms with E-state index in [0.29, 0.717) is 12.5 Å². The van der Waals surface area contributed by atoms with Crippen LogP contribution >= 0.6 is 0 Å². The number of esters is 1. The average molecular weight is 296 g/mol. The van der Waals surface area contributed by atoms with Crippen LogP contribution in [-0.4, -0.2) is 12.6 Å². The number of carbonyl (C=O) groups is 1. The summed E-state index contributed by atoms with van der Waals surface area (Å²) < 4.78 is 5.47. The second-order valence-electron chi connectivity index (χ2n) is 6.02. The van der Waals surface area contributed by atoms with Crippen molar-refractivity contribution in [1.82, 2.24) is 0 Å². The first-order valence-electron chi connectivity index (χ1n) is 7.89. The van der Waals surface area contributed by atoms with Gasteiger partial charge in [-0.2, -0.15) is 0 Å². The largest absolute Gasteiger partial charge is 0.465 e. The lowest BCUT2D eigenvalue weighted by atomic mass is 10.0. The standard InChI is InChI=1S/C20H24O2/c1-16(13-18-9-5-3-6-10-18)15-22-20(21)17(2)14-19-11-7-4-8-12-19/h3-12,16-17H,13-15H2,1-2H3. The maximum Gasteiger partial charge on any atom is 0.308 e. The third-order valence-corrected chi connectivity index (χ3v) is 3.72. The van der Waals surface area contributed by atoms with Crippen molar-refractivity contribution in [1.29, 1.82) is 0 Å². The minimum absolute atomic E-state index is 0.105. The number of rotatable bonds is 7. The summed E-state index contributed by atoms with van der Waals surface area (Å²) in [5.74, 6) is 0.116. The van der Waals surface area contributed by atoms with E-state index < -0.39 is 0 Å². The summed E-state index contributed by atoms with van der Waals surface area (Å²) in [6.45, 7) is 4.52. The Balaban J connectivity index is 1.74. The van der Waals surface area contributed by atoms with E-state index in [9.17, 15) is 4.79 Å². The summed E-state index contributed by atoms with van der Waals surface area (Å²) in [5, 5.41) is 0. The van der Waals surface area contributed by atoms with Crippen LogP contribution in [-0.2, 0) is 22.4 Å². The van der Waals surface area contributed by atoms with Gasteiger partial charge in [0.15, 0.2) is 0 Å². The number of hydrogen-bond donors (Lipinski definition) is 0. The van der Waals surface area contributed by atoms with Gasteiger partial charge in [-0.25, -0.2) is 0 Å². The molecule has 0 aliphatic carbocycles. The molecule has 0 heterocycles. The number of carbonyl (C=O) groups excluding carboxylic acids is 1. The summed E-state index contributed by atoms with van der Waals surface area (Å²) in [4.78, 5) is 12.1. The van der Waals surface area contributed by atoms with E-state index in [1.165, 1.54) is 11.1 Å². The molecule has 2 aromatic rings. The van der Waals surface area contributed by atoms with Crippen LogP contribution < -0.4 is 0 Å². The number of benzene rings is 2. The van der Waals surface area contributed by atoms with Gasteiger partial charge in [-0.1, -0.05) is 74.5 Å². The maximum atomic E-state index is 12.1. The molecule has 0 amide bonds. The van der Waals surface area contributed by atoms with Gasteiger partial charge in [-0.15, -0.1) is 0 Å². The quantitative estimate of drug-likeness (QED) is 0.713. The van der Waals surface area contributed by atoms with Crippen molar-refractivity contribution in [2.75, 3.05) is 6.61 Å². The highest BCUT2D eigenvalue weighted by atomic mass is 16.5. The van der Waals surface area contributed by atoms with Crippen molar-refractivity contribution < 1.29 is 9.53 Å². The fourth-order valence-electron chi connectivity index (χ4n) is 2.49. The van der Waals surface area contributed by atoms with Crippen LogP contribution in [0.4, 0.5) is 0 Å². The van der Waals surface area contributed by atoms with Gasteiger partial charge in [0, 0.05) is 0 Å². The highest BCUT2D eigenvalue weighted by Crippen LogP contribution is 2.12. The predicted molar refractivity (Wildman–Crippen MR) is 89.6 cm³/mol. The third kappa shape index (κ3) is 5.36. The lowest BCUT2D eigenvalue weighted by Gasteiger charge is -2.15. The van der Waals surface area contributed by atoms with E-state index in [1.807, 2.05) is 55.5 Å². The van der Waals surface area contributed by atoms with Crippen molar-refractivity contribution in [3.63, 3.8) is 0 Å². The molecule has 2 atom stereocenters. The Morgan fingerprint density at radius 2 is 1.36 bits per heavy atom. The van der Waals surface area contributed by atoms with Crippen molar-refractivity contribution in [3.8, 4) is 0 Å². The normalized spacial score (nSPS) is 13.4. The molecule has 2 unspecified atom stereocenters. The second-order valence-corrected chi connectivity index (χ2v) is 6.02. The lowest BCUT2D eigenvalue weighted by molar-refractivity contribution is -0.149. The molecule has 2 nitrogen and oxygen atoms in total. The van der Waals surface area contributed by atoms with E-state index in [0.717, 1.165) is 12.8 Å². The van der Waals surface area contributed by atoms with Crippen LogP contribution in [0, 0.1) is 11.8 Å². The summed E-state index contributed by atoms with van der Waals surface area (Å²) in [7, 11) is 0. The zero-order chi connectivity index (χ0) is 15.8. The Bertz CT molecular complexity index is 563. The van der Waals surface area contributed by atoms with Crippen molar-refractivity contribution in [3.05, 3.63) is 71.8 Å². The van der Waals surface area contributed by atoms with Crippen LogP contribution in [0.15, 0.2) is 60.7 Å². The first kappa shape index (κ1) is 16.3. The molecule has 0 aromatic heterocycles. The Hall–Kier alpha value is -2.09. The minimum atomic E-state index is -0.108. The molecule has 0 N–H and O–H groups in total. The fourth-order valence-corrected chi connectivity index (χ4v) is 2.49. The molecule has 0 aliphatic heterocycles. The molecule has 22 heavy (non-hydrogen) atoms. The van der Waals surface area contributed by atoms with E-state index in [1.54, 1.807) is 0 Å². The Morgan fingerprint density at radius 1 is 0.864 bits per heavy atom. The topological polar surface area (TPSA) is 26.3 Å². The number of hydrogen-bond acceptors (Lipinski definition) is 2. The van der Waals surface area contributed by atoms with Crippen LogP contribution in [0.5, 0.6) is 0 Å². The SMILES string of the molecule is CC(COC(=O)C(C)Cc1ccccc1)Cc1ccccc1. The number of ether oxygens (including phenoxy) is 1. The summed E-state index contributed by atoms with van der Waals surface area (Å²) in [6, 6.07) is 20.4. The smallest absolute Gasteiger partial charge is 0.308 e. The third-order valence-electron chi connectivity index (χ3n) is 3.72. The van der Waals surface area contributed by atoms with Gasteiger partial charge in [-0.3, -0.25) is 4.79 Å². The molecule has 0 saturated carbocycles. The van der Waals surface area contributed by atoms with Crippen molar-refractivity contribution in [2.24, 2.45) is 11.8 Å². The minimum Gasteiger partial charge on any atom is -0.465 e. The lowest BCUT2D eigenvalue weighted by Crippen LogP contribution is -2.20. The van der Waals surface area contributed by atoms with Crippen molar-refractivity contribution in [2.45, 2.75) is 26.7 Å². The van der Waals surface area contributed by atoms with Gasteiger partial charge in [0.25, 0.3) is 0 Å². The van der Waals surface area contributed by atoms with E-state index >= 15 is 0 Å². The molecule has 0 spiro atoms. The molecule has 2 heteroatoms. The van der Waals surface area contributed by atoms with Gasteiger partial charge in [0.2, 0.25) is 0 Å². The van der Waals surface area contributed by atoms with E-state index in [2.05, 4.69) is 19.1 Å². The zero-order valence-corrected chi connectivity index (χ0v) is 13.4. The van der Waals surface area contributed by atoms with Gasteiger partial charge < -0.3 is 4.74 Å². The molecule has 0 aliphatic rings. The molecule has 0 saturated heterocycles. The Labute approximate surface area is 133 Å². The highest BCUT2D eigenvalue weighted by Gasteiger charge is 2.16. The highest BCUT2D eigenvalue weighted by molar-refractivity contribution is 5.72. The summed E-state index contributed by atoms with van der Waals surface area (Å²) in [5.41, 5.74) is 2.45. The molecule has 2 rings (SSSR count). The molecule has 2 aromatic carbocycles. The van der Waals surface area contributed by atoms with Gasteiger partial charge >= 0.3 is 5.97 Å². The molecule has 0 radical (unpaired) electrons. The Kier molecular flexibility index (Phi) is 6.20. The first-order valence-corrected chi connectivity index (χ1v) is 7.89. The maximum absolute atomic E-state index is 12.1. The van der Waals surface area contributed by atoms with E-state index in [-0.39, 0.29) is 11.9 Å². The fraction of sp³-hybridized carbons (Fsp3) is 0.350. The Morgan fingerprint density at radius 3 is 1.91 bits per heavy atom. The monoisotopic (exact) mass is 296 g/mol. The average Bonchev–Trinajstić information content (AvgIpc) is 2.54. The van der Waals surface area contributed by atoms with Crippen LogP contribution in [0.3, 0.4) is 0 Å². The molecular formula is C20H24O2. The first-order chi connectivity index (χ1) is 10.6.